The lowest BCUT2D eigenvalue weighted by atomic mass is 9.77. The van der Waals surface area contributed by atoms with Gasteiger partial charge in [-0.1, -0.05) is 18.2 Å². The van der Waals surface area contributed by atoms with Gasteiger partial charge in [-0.3, -0.25) is 9.78 Å². The highest BCUT2D eigenvalue weighted by atomic mass is 16.2. The number of hydrogen-bond acceptors (Lipinski definition) is 3. The Hall–Kier alpha value is -1.94. The fraction of sp³-hybridized carbons (Fsp3) is 0.474. The van der Waals surface area contributed by atoms with E-state index in [1.54, 1.807) is 6.20 Å². The van der Waals surface area contributed by atoms with E-state index in [0.29, 0.717) is 5.41 Å². The van der Waals surface area contributed by atoms with Gasteiger partial charge in [-0.2, -0.15) is 0 Å². The van der Waals surface area contributed by atoms with Crippen molar-refractivity contribution in [3.63, 3.8) is 0 Å². The van der Waals surface area contributed by atoms with Crippen molar-refractivity contribution >= 4 is 16.8 Å². The zero-order valence-corrected chi connectivity index (χ0v) is 13.6. The molecular formula is C19H23N3O. The maximum atomic E-state index is 12.9. The zero-order valence-electron chi connectivity index (χ0n) is 13.6. The largest absolute Gasteiger partial charge is 0.339 e. The number of aromatic nitrogens is 1. The van der Waals surface area contributed by atoms with E-state index in [0.717, 1.165) is 61.1 Å². The molecule has 0 radical (unpaired) electrons. The van der Waals surface area contributed by atoms with Crippen LogP contribution in [0.1, 0.15) is 35.2 Å². The van der Waals surface area contributed by atoms with Gasteiger partial charge in [-0.15, -0.1) is 0 Å². The number of benzene rings is 1. The molecule has 3 heterocycles. The summed E-state index contributed by atoms with van der Waals surface area (Å²) in [6.45, 7) is 6.01. The van der Waals surface area contributed by atoms with Crippen molar-refractivity contribution in [2.24, 2.45) is 5.41 Å². The number of aryl methyl sites for hydroxylation is 1. The molecule has 120 valence electrons. The Kier molecular flexibility index (Phi) is 3.57. The molecule has 0 aliphatic carbocycles. The number of para-hydroxylation sites is 1. The molecular weight excluding hydrogens is 286 g/mol. The molecule has 1 aromatic heterocycles. The number of nitrogens with zero attached hydrogens (tertiary/aromatic N) is 2. The summed E-state index contributed by atoms with van der Waals surface area (Å²) in [6, 6.07) is 8.02. The van der Waals surface area contributed by atoms with Gasteiger partial charge in [0.2, 0.25) is 0 Å². The number of likely N-dealkylation sites (tertiary alicyclic amines) is 1. The minimum Gasteiger partial charge on any atom is -0.339 e. The number of carbonyl (C=O) groups excluding carboxylic acids is 1. The molecule has 4 rings (SSSR count). The minimum atomic E-state index is 0.140. The third-order valence-electron chi connectivity index (χ3n) is 5.72. The zero-order chi connectivity index (χ0) is 15.9. The lowest BCUT2D eigenvalue weighted by molar-refractivity contribution is 0.0607. The molecule has 0 bridgehead atoms. The Morgan fingerprint density at radius 1 is 1.22 bits per heavy atom. The average molecular weight is 309 g/mol. The van der Waals surface area contributed by atoms with Crippen LogP contribution in [0, 0.1) is 12.3 Å². The normalized spacial score (nSPS) is 20.3. The molecule has 4 nitrogen and oxygen atoms in total. The van der Waals surface area contributed by atoms with Gasteiger partial charge in [0.1, 0.15) is 0 Å². The molecule has 1 spiro atoms. The van der Waals surface area contributed by atoms with Crippen LogP contribution >= 0.6 is 0 Å². The van der Waals surface area contributed by atoms with E-state index < -0.39 is 0 Å². The van der Waals surface area contributed by atoms with Crippen LogP contribution in [-0.2, 0) is 0 Å². The first-order valence-electron chi connectivity index (χ1n) is 8.53. The van der Waals surface area contributed by atoms with Crippen LogP contribution in [0.3, 0.4) is 0 Å². The third kappa shape index (κ3) is 2.51. The molecule has 0 atom stereocenters. The fourth-order valence-electron chi connectivity index (χ4n) is 4.07. The Morgan fingerprint density at radius 2 is 2.00 bits per heavy atom. The Labute approximate surface area is 136 Å². The predicted molar refractivity (Wildman–Crippen MR) is 91.5 cm³/mol. The van der Waals surface area contributed by atoms with Gasteiger partial charge in [-0.25, -0.2) is 0 Å². The van der Waals surface area contributed by atoms with Gasteiger partial charge in [0.15, 0.2) is 0 Å². The molecule has 2 fully saturated rings. The number of fused-ring (bicyclic) bond motifs is 1. The molecule has 2 aliphatic rings. The quantitative estimate of drug-likeness (QED) is 0.881. The highest BCUT2D eigenvalue weighted by molar-refractivity contribution is 6.00. The number of amides is 1. The van der Waals surface area contributed by atoms with Crippen molar-refractivity contribution in [1.29, 1.82) is 0 Å². The fourth-order valence-corrected chi connectivity index (χ4v) is 4.07. The Balaban J connectivity index is 1.57. The number of carbonyl (C=O) groups is 1. The van der Waals surface area contributed by atoms with Crippen molar-refractivity contribution in [2.75, 3.05) is 26.2 Å². The average Bonchev–Trinajstić information content (AvgIpc) is 3.04. The molecule has 1 aromatic carbocycles. The summed E-state index contributed by atoms with van der Waals surface area (Å²) in [4.78, 5) is 19.4. The first-order valence-corrected chi connectivity index (χ1v) is 8.53. The second-order valence-electron chi connectivity index (χ2n) is 7.03. The smallest absolute Gasteiger partial charge is 0.255 e. The van der Waals surface area contributed by atoms with Crippen molar-refractivity contribution in [1.82, 2.24) is 15.2 Å². The van der Waals surface area contributed by atoms with Crippen LogP contribution in [0.2, 0.25) is 0 Å². The van der Waals surface area contributed by atoms with Gasteiger partial charge in [0.25, 0.3) is 5.91 Å². The van der Waals surface area contributed by atoms with Crippen molar-refractivity contribution in [3.05, 3.63) is 41.6 Å². The SMILES string of the molecule is Cc1c(C(=O)N2CCC3(CCNC3)CC2)cnc2ccccc12. The molecule has 2 aliphatic heterocycles. The topological polar surface area (TPSA) is 45.2 Å². The van der Waals surface area contributed by atoms with E-state index in [-0.39, 0.29) is 5.91 Å². The van der Waals surface area contributed by atoms with Crippen molar-refractivity contribution < 1.29 is 4.79 Å². The van der Waals surface area contributed by atoms with Crippen molar-refractivity contribution in [2.45, 2.75) is 26.2 Å². The summed E-state index contributed by atoms with van der Waals surface area (Å²) in [5.74, 6) is 0.140. The van der Waals surface area contributed by atoms with Crippen LogP contribution in [0.4, 0.5) is 0 Å². The van der Waals surface area contributed by atoms with Gasteiger partial charge < -0.3 is 10.2 Å². The van der Waals surface area contributed by atoms with Crippen LogP contribution < -0.4 is 5.32 Å². The summed E-state index contributed by atoms with van der Waals surface area (Å²) in [5, 5.41) is 4.55. The van der Waals surface area contributed by atoms with E-state index in [2.05, 4.69) is 10.3 Å². The van der Waals surface area contributed by atoms with Gasteiger partial charge in [0, 0.05) is 31.2 Å². The summed E-state index contributed by atoms with van der Waals surface area (Å²) in [7, 11) is 0. The van der Waals surface area contributed by atoms with E-state index in [1.165, 1.54) is 6.42 Å². The molecule has 4 heteroatoms. The molecule has 0 unspecified atom stereocenters. The second kappa shape index (κ2) is 5.60. The maximum absolute atomic E-state index is 12.9. The molecule has 2 saturated heterocycles. The predicted octanol–water partition coefficient (Wildman–Crippen LogP) is 2.76. The molecule has 1 amide bonds. The first-order chi connectivity index (χ1) is 11.2. The highest BCUT2D eigenvalue weighted by Crippen LogP contribution is 2.37. The summed E-state index contributed by atoms with van der Waals surface area (Å²) in [6.07, 6.45) is 5.24. The number of pyridine rings is 1. The highest BCUT2D eigenvalue weighted by Gasteiger charge is 2.38. The van der Waals surface area contributed by atoms with E-state index in [4.69, 9.17) is 0 Å². The summed E-state index contributed by atoms with van der Waals surface area (Å²) < 4.78 is 0. The summed E-state index contributed by atoms with van der Waals surface area (Å²) in [5.41, 5.74) is 3.19. The van der Waals surface area contributed by atoms with Gasteiger partial charge in [-0.05, 0) is 49.8 Å². The van der Waals surface area contributed by atoms with Gasteiger partial charge >= 0.3 is 0 Å². The molecule has 23 heavy (non-hydrogen) atoms. The molecule has 2 aromatic rings. The number of hydrogen-bond donors (Lipinski definition) is 1. The lowest BCUT2D eigenvalue weighted by Crippen LogP contribution is -2.44. The van der Waals surface area contributed by atoms with Gasteiger partial charge in [0.05, 0.1) is 11.1 Å². The number of rotatable bonds is 1. The van der Waals surface area contributed by atoms with E-state index in [1.807, 2.05) is 36.1 Å². The maximum Gasteiger partial charge on any atom is 0.255 e. The Morgan fingerprint density at radius 3 is 2.74 bits per heavy atom. The van der Waals surface area contributed by atoms with Crippen LogP contribution in [0.25, 0.3) is 10.9 Å². The molecule has 1 N–H and O–H groups in total. The minimum absolute atomic E-state index is 0.140. The number of nitrogens with one attached hydrogen (secondary N) is 1. The first kappa shape index (κ1) is 14.6. The Bertz CT molecular complexity index is 739. The van der Waals surface area contributed by atoms with Crippen LogP contribution in [-0.4, -0.2) is 42.0 Å². The monoisotopic (exact) mass is 309 g/mol. The van der Waals surface area contributed by atoms with E-state index >= 15 is 0 Å². The number of piperidine rings is 1. The van der Waals surface area contributed by atoms with Crippen LogP contribution in [0.5, 0.6) is 0 Å². The third-order valence-corrected chi connectivity index (χ3v) is 5.72. The van der Waals surface area contributed by atoms with Crippen molar-refractivity contribution in [3.8, 4) is 0 Å². The standard InChI is InChI=1S/C19H23N3O/c1-14-15-4-2-3-5-17(15)21-12-16(14)18(23)22-10-7-19(8-11-22)6-9-20-13-19/h2-5,12,20H,6-11,13H2,1H3. The lowest BCUT2D eigenvalue weighted by Gasteiger charge is -2.39. The van der Waals surface area contributed by atoms with Crippen LogP contribution in [0.15, 0.2) is 30.5 Å². The van der Waals surface area contributed by atoms with E-state index in [9.17, 15) is 4.79 Å². The second-order valence-corrected chi connectivity index (χ2v) is 7.03. The summed E-state index contributed by atoms with van der Waals surface area (Å²) >= 11 is 0. The molecule has 0 saturated carbocycles.